The number of Topliss-reactive ketones (excluding diaryl/α,β-unsaturated/α-hetero) is 1. The topological polar surface area (TPSA) is 35.5 Å². The van der Waals surface area contributed by atoms with Crippen molar-refractivity contribution in [1.29, 1.82) is 0 Å². The monoisotopic (exact) mass is 294 g/mol. The van der Waals surface area contributed by atoms with Crippen molar-refractivity contribution >= 4 is 5.78 Å². The van der Waals surface area contributed by atoms with Crippen molar-refractivity contribution < 1.29 is 31.8 Å². The average molecular weight is 294 g/mol. The van der Waals surface area contributed by atoms with E-state index in [0.717, 1.165) is 6.07 Å². The van der Waals surface area contributed by atoms with Gasteiger partial charge in [-0.15, -0.1) is 0 Å². The van der Waals surface area contributed by atoms with Gasteiger partial charge in [-0.3, -0.25) is 4.79 Å². The number of rotatable bonds is 6. The van der Waals surface area contributed by atoms with Crippen LogP contribution in [0.25, 0.3) is 0 Å². The Morgan fingerprint density at radius 2 is 1.75 bits per heavy atom. The number of carbonyl (C=O) groups is 1. The molecule has 0 aromatic heterocycles. The maximum atomic E-state index is 13.4. The van der Waals surface area contributed by atoms with Gasteiger partial charge in [-0.05, 0) is 26.0 Å². The Bertz CT molecular complexity index is 465. The number of hydrogen-bond donors (Lipinski definition) is 0. The van der Waals surface area contributed by atoms with Gasteiger partial charge >= 0.3 is 6.18 Å². The first-order valence-corrected chi connectivity index (χ1v) is 5.95. The third kappa shape index (κ3) is 4.01. The van der Waals surface area contributed by atoms with Gasteiger partial charge < -0.3 is 9.47 Å². The summed E-state index contributed by atoms with van der Waals surface area (Å²) < 4.78 is 60.6. The van der Waals surface area contributed by atoms with E-state index in [-0.39, 0.29) is 18.8 Å². The summed E-state index contributed by atoms with van der Waals surface area (Å²) in [5.41, 5.74) is -1.65. The first kappa shape index (κ1) is 16.6. The lowest BCUT2D eigenvalue weighted by Crippen LogP contribution is -2.28. The van der Waals surface area contributed by atoms with Gasteiger partial charge in [0.2, 0.25) is 12.1 Å². The fourth-order valence-corrected chi connectivity index (χ4v) is 1.54. The zero-order chi connectivity index (χ0) is 15.3. The molecule has 0 saturated carbocycles. The second-order valence-electron chi connectivity index (χ2n) is 3.80. The second-order valence-corrected chi connectivity index (χ2v) is 3.80. The molecule has 0 bridgehead atoms. The Balaban J connectivity index is 3.02. The highest BCUT2D eigenvalue weighted by atomic mass is 19.4. The summed E-state index contributed by atoms with van der Waals surface area (Å²) >= 11 is 0. The van der Waals surface area contributed by atoms with Crippen molar-refractivity contribution in [2.45, 2.75) is 26.3 Å². The van der Waals surface area contributed by atoms with E-state index in [1.54, 1.807) is 13.8 Å². The normalized spacial score (nSPS) is 11.9. The van der Waals surface area contributed by atoms with Crippen molar-refractivity contribution in [3.63, 3.8) is 0 Å². The summed E-state index contributed by atoms with van der Waals surface area (Å²) in [6.07, 6.45) is -6.05. The van der Waals surface area contributed by atoms with Crippen LogP contribution in [0, 0.1) is 5.82 Å². The smallest absolute Gasteiger partial charge is 0.346 e. The number of ether oxygens (including phenoxy) is 2. The molecule has 0 aliphatic rings. The number of carbonyl (C=O) groups excluding carboxylic acids is 1. The zero-order valence-corrected chi connectivity index (χ0v) is 11.0. The molecule has 0 amide bonds. The van der Waals surface area contributed by atoms with E-state index in [1.807, 2.05) is 0 Å². The molecule has 112 valence electrons. The molecule has 0 radical (unpaired) electrons. The van der Waals surface area contributed by atoms with Gasteiger partial charge in [-0.1, -0.05) is 6.07 Å². The van der Waals surface area contributed by atoms with Crippen molar-refractivity contribution in [3.05, 3.63) is 35.1 Å². The molecule has 0 atom stereocenters. The Morgan fingerprint density at radius 3 is 2.15 bits per heavy atom. The molecule has 0 saturated heterocycles. The molecule has 0 heterocycles. The second kappa shape index (κ2) is 6.81. The first-order chi connectivity index (χ1) is 9.31. The lowest BCUT2D eigenvalue weighted by molar-refractivity contribution is -0.140. The molecule has 7 heteroatoms. The van der Waals surface area contributed by atoms with Crippen molar-refractivity contribution in [2.24, 2.45) is 0 Å². The lowest BCUT2D eigenvalue weighted by Gasteiger charge is -2.16. The summed E-state index contributed by atoms with van der Waals surface area (Å²) in [4.78, 5) is 11.9. The van der Waals surface area contributed by atoms with Gasteiger partial charge in [0.05, 0.1) is 5.56 Å². The predicted molar refractivity (Wildman–Crippen MR) is 62.8 cm³/mol. The van der Waals surface area contributed by atoms with Crippen LogP contribution in [0.3, 0.4) is 0 Å². The minimum atomic E-state index is -4.80. The third-order valence-electron chi connectivity index (χ3n) is 2.41. The number of halogens is 4. The molecule has 1 aromatic carbocycles. The summed E-state index contributed by atoms with van der Waals surface area (Å²) in [6, 6.07) is 1.97. The molecular weight excluding hydrogens is 280 g/mol. The van der Waals surface area contributed by atoms with Crippen LogP contribution in [0.4, 0.5) is 17.6 Å². The van der Waals surface area contributed by atoms with Crippen LogP contribution in [0.15, 0.2) is 18.2 Å². The number of ketones is 1. The highest BCUT2D eigenvalue weighted by Crippen LogP contribution is 2.31. The molecule has 1 rings (SSSR count). The highest BCUT2D eigenvalue weighted by Gasteiger charge is 2.34. The zero-order valence-electron chi connectivity index (χ0n) is 11.0. The van der Waals surface area contributed by atoms with E-state index in [4.69, 9.17) is 9.47 Å². The number of benzene rings is 1. The Morgan fingerprint density at radius 1 is 1.20 bits per heavy atom. The van der Waals surface area contributed by atoms with Crippen molar-refractivity contribution in [1.82, 2.24) is 0 Å². The Labute approximate surface area is 113 Å². The van der Waals surface area contributed by atoms with Gasteiger partial charge in [0.15, 0.2) is 0 Å². The molecule has 3 nitrogen and oxygen atoms in total. The summed E-state index contributed by atoms with van der Waals surface area (Å²) in [7, 11) is 0. The largest absolute Gasteiger partial charge is 0.419 e. The summed E-state index contributed by atoms with van der Waals surface area (Å²) in [6.45, 7) is 3.62. The Hall–Kier alpha value is -1.47. The molecule has 20 heavy (non-hydrogen) atoms. The van der Waals surface area contributed by atoms with Crippen LogP contribution in [-0.2, 0) is 15.7 Å². The SMILES string of the molecule is CCOC(OCC)C(=O)c1ccc(C(F)(F)F)c(F)c1. The maximum Gasteiger partial charge on any atom is 0.419 e. The molecule has 0 unspecified atom stereocenters. The first-order valence-electron chi connectivity index (χ1n) is 5.95. The van der Waals surface area contributed by atoms with Gasteiger partial charge in [0.25, 0.3) is 0 Å². The fourth-order valence-electron chi connectivity index (χ4n) is 1.54. The van der Waals surface area contributed by atoms with E-state index < -0.39 is 29.6 Å². The number of hydrogen-bond acceptors (Lipinski definition) is 3. The van der Waals surface area contributed by atoms with Crippen molar-refractivity contribution in [2.75, 3.05) is 13.2 Å². The van der Waals surface area contributed by atoms with Crippen LogP contribution >= 0.6 is 0 Å². The minimum Gasteiger partial charge on any atom is -0.346 e. The molecule has 1 aromatic rings. The van der Waals surface area contributed by atoms with E-state index >= 15 is 0 Å². The van der Waals surface area contributed by atoms with E-state index in [9.17, 15) is 22.4 Å². The van der Waals surface area contributed by atoms with Gasteiger partial charge in [-0.2, -0.15) is 13.2 Å². The van der Waals surface area contributed by atoms with Gasteiger partial charge in [-0.25, -0.2) is 4.39 Å². The highest BCUT2D eigenvalue weighted by molar-refractivity contribution is 5.98. The molecule has 0 aliphatic carbocycles. The maximum absolute atomic E-state index is 13.4. The van der Waals surface area contributed by atoms with Crippen LogP contribution in [-0.4, -0.2) is 25.3 Å². The van der Waals surface area contributed by atoms with Crippen LogP contribution < -0.4 is 0 Å². The van der Waals surface area contributed by atoms with Crippen LogP contribution in [0.5, 0.6) is 0 Å². The van der Waals surface area contributed by atoms with E-state index in [0.29, 0.717) is 12.1 Å². The Kier molecular flexibility index (Phi) is 5.64. The van der Waals surface area contributed by atoms with Gasteiger partial charge in [0.1, 0.15) is 5.82 Å². The quantitative estimate of drug-likeness (QED) is 0.458. The lowest BCUT2D eigenvalue weighted by atomic mass is 10.1. The molecule has 0 aliphatic heterocycles. The van der Waals surface area contributed by atoms with Crippen LogP contribution in [0.1, 0.15) is 29.8 Å². The third-order valence-corrected chi connectivity index (χ3v) is 2.41. The predicted octanol–water partition coefficient (Wildman–Crippen LogP) is 3.43. The van der Waals surface area contributed by atoms with Crippen molar-refractivity contribution in [3.8, 4) is 0 Å². The standard InChI is InChI=1S/C13H14F4O3/c1-3-19-12(20-4-2)11(18)8-5-6-9(10(14)7-8)13(15,16)17/h5-7,12H,3-4H2,1-2H3. The van der Waals surface area contributed by atoms with E-state index in [1.165, 1.54) is 0 Å². The van der Waals surface area contributed by atoms with Crippen LogP contribution in [0.2, 0.25) is 0 Å². The fraction of sp³-hybridized carbons (Fsp3) is 0.462. The number of alkyl halides is 3. The molecule has 0 spiro atoms. The average Bonchev–Trinajstić information content (AvgIpc) is 2.36. The minimum absolute atomic E-state index is 0.180. The molecular formula is C13H14F4O3. The molecule has 0 fully saturated rings. The molecule has 0 N–H and O–H groups in total. The summed E-state index contributed by atoms with van der Waals surface area (Å²) in [5.74, 6) is -2.23. The van der Waals surface area contributed by atoms with Gasteiger partial charge in [0, 0.05) is 18.8 Å². The van der Waals surface area contributed by atoms with E-state index in [2.05, 4.69) is 0 Å². The summed E-state index contributed by atoms with van der Waals surface area (Å²) in [5, 5.41) is 0.